The normalized spacial score (nSPS) is 15.3. The number of rotatable bonds is 6. The molecule has 0 spiro atoms. The van der Waals surface area contributed by atoms with Crippen LogP contribution in [0.15, 0.2) is 24.3 Å². The van der Waals surface area contributed by atoms with E-state index in [0.717, 1.165) is 6.42 Å². The fraction of sp³-hybridized carbons (Fsp3) is 0.625. The molecule has 2 nitrogen and oxygen atoms in total. The van der Waals surface area contributed by atoms with Crippen LogP contribution in [0.1, 0.15) is 52.7 Å². The first-order valence-corrected chi connectivity index (χ1v) is 6.98. The quantitative estimate of drug-likeness (QED) is 0.839. The van der Waals surface area contributed by atoms with Gasteiger partial charge >= 0.3 is 0 Å². The van der Waals surface area contributed by atoms with Gasteiger partial charge < -0.3 is 10.1 Å². The average molecular weight is 267 g/mol. The van der Waals surface area contributed by atoms with Crippen LogP contribution in [0.2, 0.25) is 0 Å². The summed E-state index contributed by atoms with van der Waals surface area (Å²) in [6, 6.07) is 6.84. The van der Waals surface area contributed by atoms with Crippen molar-refractivity contribution in [3.8, 4) is 0 Å². The summed E-state index contributed by atoms with van der Waals surface area (Å²) in [5.74, 6) is -0.202. The van der Waals surface area contributed by atoms with Gasteiger partial charge in [-0.15, -0.1) is 0 Å². The Kier molecular flexibility index (Phi) is 5.95. The first-order chi connectivity index (χ1) is 8.83. The topological polar surface area (TPSA) is 21.3 Å². The van der Waals surface area contributed by atoms with Crippen molar-refractivity contribution >= 4 is 0 Å². The Hall–Kier alpha value is -0.930. The lowest BCUT2D eigenvalue weighted by molar-refractivity contribution is -0.00901. The van der Waals surface area contributed by atoms with E-state index in [0.29, 0.717) is 12.1 Å². The summed E-state index contributed by atoms with van der Waals surface area (Å²) >= 11 is 0. The van der Waals surface area contributed by atoms with Crippen LogP contribution in [0.25, 0.3) is 0 Å². The number of nitrogens with one attached hydrogen (secondary N) is 1. The van der Waals surface area contributed by atoms with Crippen LogP contribution in [0.4, 0.5) is 4.39 Å². The summed E-state index contributed by atoms with van der Waals surface area (Å²) in [6.07, 6.45) is 0.780. The maximum absolute atomic E-state index is 13.9. The molecule has 1 N–H and O–H groups in total. The minimum absolute atomic E-state index is 0.0116. The lowest BCUT2D eigenvalue weighted by Gasteiger charge is -2.28. The van der Waals surface area contributed by atoms with Gasteiger partial charge in [0.2, 0.25) is 0 Å². The standard InChI is InChI=1S/C16H26FNO/c1-6-12(2)19-15(11-18-16(3,4)5)13-9-7-8-10-14(13)17/h7-10,12,15,18H,6,11H2,1-5H3. The fourth-order valence-electron chi connectivity index (χ4n) is 1.74. The van der Waals surface area contributed by atoms with Crippen molar-refractivity contribution in [1.29, 1.82) is 0 Å². The Morgan fingerprint density at radius 2 is 1.89 bits per heavy atom. The Balaban J connectivity index is 2.83. The van der Waals surface area contributed by atoms with Gasteiger partial charge in [-0.3, -0.25) is 0 Å². The SMILES string of the molecule is CCC(C)OC(CNC(C)(C)C)c1ccccc1F. The Labute approximate surface area is 116 Å². The highest BCUT2D eigenvalue weighted by molar-refractivity contribution is 5.20. The van der Waals surface area contributed by atoms with Crippen LogP contribution in [0.3, 0.4) is 0 Å². The highest BCUT2D eigenvalue weighted by Gasteiger charge is 2.20. The molecule has 0 amide bonds. The summed E-state index contributed by atoms with van der Waals surface area (Å²) in [4.78, 5) is 0. The van der Waals surface area contributed by atoms with Gasteiger partial charge in [0.1, 0.15) is 5.82 Å². The van der Waals surface area contributed by atoms with Crippen LogP contribution in [0.5, 0.6) is 0 Å². The summed E-state index contributed by atoms with van der Waals surface area (Å²) in [7, 11) is 0. The van der Waals surface area contributed by atoms with Gasteiger partial charge in [0.25, 0.3) is 0 Å². The third-order valence-electron chi connectivity index (χ3n) is 3.04. The molecule has 0 fully saturated rings. The van der Waals surface area contributed by atoms with E-state index in [1.165, 1.54) is 6.07 Å². The molecule has 0 heterocycles. The highest BCUT2D eigenvalue weighted by Crippen LogP contribution is 2.23. The highest BCUT2D eigenvalue weighted by atomic mass is 19.1. The van der Waals surface area contributed by atoms with Crippen LogP contribution in [-0.2, 0) is 4.74 Å². The van der Waals surface area contributed by atoms with Crippen molar-refractivity contribution < 1.29 is 9.13 Å². The molecule has 0 saturated heterocycles. The van der Waals surface area contributed by atoms with Crippen LogP contribution in [-0.4, -0.2) is 18.2 Å². The molecule has 1 aromatic rings. The van der Waals surface area contributed by atoms with E-state index in [1.807, 2.05) is 13.0 Å². The molecule has 2 atom stereocenters. The van der Waals surface area contributed by atoms with Crippen molar-refractivity contribution in [2.75, 3.05) is 6.54 Å². The van der Waals surface area contributed by atoms with Gasteiger partial charge in [-0.1, -0.05) is 25.1 Å². The molecule has 1 aromatic carbocycles. The summed E-state index contributed by atoms with van der Waals surface area (Å²) in [5.41, 5.74) is 0.613. The first kappa shape index (κ1) is 16.1. The molecule has 2 unspecified atom stereocenters. The molecular weight excluding hydrogens is 241 g/mol. The van der Waals surface area contributed by atoms with E-state index in [1.54, 1.807) is 12.1 Å². The van der Waals surface area contributed by atoms with Crippen molar-refractivity contribution in [2.45, 2.75) is 58.8 Å². The van der Waals surface area contributed by atoms with E-state index >= 15 is 0 Å². The Morgan fingerprint density at radius 3 is 2.42 bits per heavy atom. The molecular formula is C16H26FNO. The molecule has 108 valence electrons. The van der Waals surface area contributed by atoms with Gasteiger partial charge in [0.15, 0.2) is 0 Å². The second-order valence-electron chi connectivity index (χ2n) is 6.00. The molecule has 19 heavy (non-hydrogen) atoms. The number of benzene rings is 1. The van der Waals surface area contributed by atoms with Gasteiger partial charge in [-0.2, -0.15) is 0 Å². The van der Waals surface area contributed by atoms with Crippen LogP contribution >= 0.6 is 0 Å². The average Bonchev–Trinajstić information content (AvgIpc) is 2.34. The second-order valence-corrected chi connectivity index (χ2v) is 6.00. The molecule has 0 aliphatic carbocycles. The molecule has 0 saturated carbocycles. The molecule has 0 aliphatic heterocycles. The number of halogens is 1. The molecule has 0 radical (unpaired) electrons. The van der Waals surface area contributed by atoms with Crippen molar-refractivity contribution in [2.24, 2.45) is 0 Å². The van der Waals surface area contributed by atoms with E-state index in [4.69, 9.17) is 4.74 Å². The lowest BCUT2D eigenvalue weighted by atomic mass is 10.1. The third kappa shape index (κ3) is 5.70. The fourth-order valence-corrected chi connectivity index (χ4v) is 1.74. The van der Waals surface area contributed by atoms with Crippen LogP contribution in [0, 0.1) is 5.82 Å². The first-order valence-electron chi connectivity index (χ1n) is 6.98. The van der Waals surface area contributed by atoms with Gasteiger partial charge in [0, 0.05) is 17.6 Å². The largest absolute Gasteiger partial charge is 0.369 e. The maximum atomic E-state index is 13.9. The molecule has 0 aromatic heterocycles. The summed E-state index contributed by atoms with van der Waals surface area (Å²) in [5, 5.41) is 3.39. The van der Waals surface area contributed by atoms with Gasteiger partial charge in [-0.05, 0) is 40.2 Å². The zero-order valence-corrected chi connectivity index (χ0v) is 12.7. The molecule has 0 bridgehead atoms. The molecule has 3 heteroatoms. The van der Waals surface area contributed by atoms with E-state index in [9.17, 15) is 4.39 Å². The van der Waals surface area contributed by atoms with E-state index in [2.05, 4.69) is 33.0 Å². The third-order valence-corrected chi connectivity index (χ3v) is 3.04. The monoisotopic (exact) mass is 267 g/mol. The van der Waals surface area contributed by atoms with Gasteiger partial charge in [-0.25, -0.2) is 4.39 Å². The number of hydrogen-bond acceptors (Lipinski definition) is 2. The zero-order chi connectivity index (χ0) is 14.5. The Morgan fingerprint density at radius 1 is 1.26 bits per heavy atom. The zero-order valence-electron chi connectivity index (χ0n) is 12.7. The predicted molar refractivity (Wildman–Crippen MR) is 77.7 cm³/mol. The lowest BCUT2D eigenvalue weighted by Crippen LogP contribution is -2.39. The molecule has 0 aliphatic rings. The Bertz CT molecular complexity index is 387. The van der Waals surface area contributed by atoms with Crippen molar-refractivity contribution in [3.63, 3.8) is 0 Å². The smallest absolute Gasteiger partial charge is 0.129 e. The maximum Gasteiger partial charge on any atom is 0.129 e. The van der Waals surface area contributed by atoms with Crippen molar-refractivity contribution in [3.05, 3.63) is 35.6 Å². The van der Waals surface area contributed by atoms with Crippen molar-refractivity contribution in [1.82, 2.24) is 5.32 Å². The number of ether oxygens (including phenoxy) is 1. The van der Waals surface area contributed by atoms with E-state index < -0.39 is 0 Å². The minimum atomic E-state index is -0.254. The second kappa shape index (κ2) is 7.01. The van der Waals surface area contributed by atoms with Crippen LogP contribution < -0.4 is 5.32 Å². The number of hydrogen-bond donors (Lipinski definition) is 1. The summed E-state index contributed by atoms with van der Waals surface area (Å²) in [6.45, 7) is 11.0. The minimum Gasteiger partial charge on any atom is -0.369 e. The van der Waals surface area contributed by atoms with Gasteiger partial charge in [0.05, 0.1) is 12.2 Å². The molecule has 1 rings (SSSR count). The predicted octanol–water partition coefficient (Wildman–Crippen LogP) is 4.07. The van der Waals surface area contributed by atoms with E-state index in [-0.39, 0.29) is 23.6 Å². The summed E-state index contributed by atoms with van der Waals surface area (Å²) < 4.78 is 19.9.